The van der Waals surface area contributed by atoms with E-state index in [9.17, 15) is 9.59 Å². The Labute approximate surface area is 132 Å². The maximum Gasteiger partial charge on any atom is 0.239 e. The quantitative estimate of drug-likeness (QED) is 0.572. The molecule has 1 aromatic rings. The maximum atomic E-state index is 12.3. The molecule has 0 saturated carbocycles. The van der Waals surface area contributed by atoms with Crippen LogP contribution in [0.1, 0.15) is 32.8 Å². The number of hydrogen-bond acceptors (Lipinski definition) is 3. The summed E-state index contributed by atoms with van der Waals surface area (Å²) in [5.74, 6) is -0.604. The van der Waals surface area contributed by atoms with Crippen LogP contribution in [-0.4, -0.2) is 32.1 Å². The molecule has 0 aromatic heterocycles. The first-order chi connectivity index (χ1) is 10.4. The van der Waals surface area contributed by atoms with Gasteiger partial charge in [0.15, 0.2) is 0 Å². The molecule has 0 fully saturated rings. The number of carbonyl (C=O) groups excluding carboxylic acids is 2. The summed E-state index contributed by atoms with van der Waals surface area (Å²) in [6, 6.07) is 7.63. The van der Waals surface area contributed by atoms with Crippen molar-refractivity contribution in [3.05, 3.63) is 29.8 Å². The fraction of sp³-hybridized carbons (Fsp3) is 0.529. The molecule has 2 amide bonds. The monoisotopic (exact) mass is 306 g/mol. The van der Waals surface area contributed by atoms with E-state index in [-0.39, 0.29) is 11.8 Å². The summed E-state index contributed by atoms with van der Waals surface area (Å²) in [6.45, 7) is 6.39. The second-order valence-corrected chi connectivity index (χ2v) is 5.73. The third kappa shape index (κ3) is 5.15. The van der Waals surface area contributed by atoms with Crippen molar-refractivity contribution >= 4 is 17.5 Å². The first-order valence-corrected chi connectivity index (χ1v) is 7.59. The molecular formula is C17H26N2O3. The standard InChI is InChI=1S/C17H26N2O3/c1-5-13-7-9-14(10-8-13)19-16(21)17(2,3)15(20)18-11-6-12-22-4/h7-10H,5-6,11-12H2,1-4H3,(H,18,20)(H,19,21). The molecule has 1 rings (SSSR count). The fourth-order valence-corrected chi connectivity index (χ4v) is 1.85. The number of methoxy groups -OCH3 is 1. The zero-order chi connectivity index (χ0) is 16.6. The third-order valence-corrected chi connectivity index (χ3v) is 3.57. The second kappa shape index (κ2) is 8.54. The molecule has 1 aromatic carbocycles. The van der Waals surface area contributed by atoms with Gasteiger partial charge in [0, 0.05) is 25.9 Å². The van der Waals surface area contributed by atoms with E-state index in [0.717, 1.165) is 12.8 Å². The number of hydrogen-bond donors (Lipinski definition) is 2. The smallest absolute Gasteiger partial charge is 0.239 e. The lowest BCUT2D eigenvalue weighted by Crippen LogP contribution is -2.45. The average molecular weight is 306 g/mol. The van der Waals surface area contributed by atoms with Crippen LogP contribution in [0, 0.1) is 5.41 Å². The van der Waals surface area contributed by atoms with Crippen LogP contribution in [0.15, 0.2) is 24.3 Å². The Balaban J connectivity index is 2.58. The van der Waals surface area contributed by atoms with Gasteiger partial charge in [-0.1, -0.05) is 19.1 Å². The Kier molecular flexibility index (Phi) is 7.05. The van der Waals surface area contributed by atoms with Crippen molar-refractivity contribution in [1.82, 2.24) is 5.32 Å². The van der Waals surface area contributed by atoms with E-state index in [4.69, 9.17) is 4.74 Å². The number of benzene rings is 1. The Hall–Kier alpha value is -1.88. The van der Waals surface area contributed by atoms with E-state index < -0.39 is 5.41 Å². The van der Waals surface area contributed by atoms with Gasteiger partial charge >= 0.3 is 0 Å². The van der Waals surface area contributed by atoms with Crippen LogP contribution in [0.2, 0.25) is 0 Å². The average Bonchev–Trinajstić information content (AvgIpc) is 2.51. The molecule has 0 unspecified atom stereocenters. The predicted molar refractivity (Wildman–Crippen MR) is 87.7 cm³/mol. The normalized spacial score (nSPS) is 11.1. The minimum atomic E-state index is -1.13. The molecule has 0 bridgehead atoms. The lowest BCUT2D eigenvalue weighted by atomic mass is 9.91. The number of aryl methyl sites for hydroxylation is 1. The first-order valence-electron chi connectivity index (χ1n) is 7.59. The molecule has 0 aliphatic carbocycles. The summed E-state index contributed by atoms with van der Waals surface area (Å²) >= 11 is 0. The zero-order valence-corrected chi connectivity index (χ0v) is 13.9. The molecule has 122 valence electrons. The third-order valence-electron chi connectivity index (χ3n) is 3.57. The van der Waals surface area contributed by atoms with E-state index in [1.54, 1.807) is 21.0 Å². The SMILES string of the molecule is CCc1ccc(NC(=O)C(C)(C)C(=O)NCCCOC)cc1. The van der Waals surface area contributed by atoms with Gasteiger partial charge in [-0.05, 0) is 44.4 Å². The van der Waals surface area contributed by atoms with Crippen molar-refractivity contribution in [3.8, 4) is 0 Å². The molecule has 2 N–H and O–H groups in total. The number of nitrogens with one attached hydrogen (secondary N) is 2. The topological polar surface area (TPSA) is 67.4 Å². The van der Waals surface area contributed by atoms with Crippen molar-refractivity contribution in [3.63, 3.8) is 0 Å². The summed E-state index contributed by atoms with van der Waals surface area (Å²) in [5.41, 5.74) is 0.770. The molecule has 22 heavy (non-hydrogen) atoms. The summed E-state index contributed by atoms with van der Waals surface area (Å²) in [5, 5.41) is 5.55. The van der Waals surface area contributed by atoms with Gasteiger partial charge in [-0.3, -0.25) is 9.59 Å². The number of carbonyl (C=O) groups is 2. The minimum absolute atomic E-state index is 0.286. The number of anilines is 1. The largest absolute Gasteiger partial charge is 0.385 e. The molecule has 0 heterocycles. The van der Waals surface area contributed by atoms with Crippen LogP contribution >= 0.6 is 0 Å². The number of ether oxygens (including phenoxy) is 1. The molecule has 5 heteroatoms. The molecular weight excluding hydrogens is 280 g/mol. The summed E-state index contributed by atoms with van der Waals surface area (Å²) < 4.78 is 4.92. The van der Waals surface area contributed by atoms with E-state index in [2.05, 4.69) is 17.6 Å². The van der Waals surface area contributed by atoms with E-state index in [1.807, 2.05) is 24.3 Å². The van der Waals surface area contributed by atoms with Crippen molar-refractivity contribution < 1.29 is 14.3 Å². The van der Waals surface area contributed by atoms with Gasteiger partial charge < -0.3 is 15.4 Å². The van der Waals surface area contributed by atoms with Crippen LogP contribution in [0.3, 0.4) is 0 Å². The Bertz CT molecular complexity index is 495. The number of rotatable bonds is 8. The maximum absolute atomic E-state index is 12.3. The van der Waals surface area contributed by atoms with Gasteiger partial charge in [0.25, 0.3) is 0 Å². The second-order valence-electron chi connectivity index (χ2n) is 5.73. The molecule has 5 nitrogen and oxygen atoms in total. The highest BCUT2D eigenvalue weighted by Gasteiger charge is 2.35. The lowest BCUT2D eigenvalue weighted by molar-refractivity contribution is -0.138. The highest BCUT2D eigenvalue weighted by Crippen LogP contribution is 2.19. The van der Waals surface area contributed by atoms with E-state index in [0.29, 0.717) is 18.8 Å². The Morgan fingerprint density at radius 1 is 1.14 bits per heavy atom. The van der Waals surface area contributed by atoms with Crippen LogP contribution in [0.25, 0.3) is 0 Å². The van der Waals surface area contributed by atoms with Gasteiger partial charge in [0.1, 0.15) is 5.41 Å². The molecule has 0 atom stereocenters. The highest BCUT2D eigenvalue weighted by molar-refractivity contribution is 6.09. The minimum Gasteiger partial charge on any atom is -0.385 e. The van der Waals surface area contributed by atoms with Crippen molar-refractivity contribution in [2.24, 2.45) is 5.41 Å². The van der Waals surface area contributed by atoms with Gasteiger partial charge in [-0.2, -0.15) is 0 Å². The Morgan fingerprint density at radius 2 is 1.77 bits per heavy atom. The van der Waals surface area contributed by atoms with Crippen LogP contribution < -0.4 is 10.6 Å². The van der Waals surface area contributed by atoms with Crippen LogP contribution in [0.5, 0.6) is 0 Å². The van der Waals surface area contributed by atoms with E-state index >= 15 is 0 Å². The highest BCUT2D eigenvalue weighted by atomic mass is 16.5. The summed E-state index contributed by atoms with van der Waals surface area (Å²) in [4.78, 5) is 24.5. The van der Waals surface area contributed by atoms with Gasteiger partial charge in [0.2, 0.25) is 11.8 Å². The first kappa shape index (κ1) is 18.2. The molecule has 0 radical (unpaired) electrons. The van der Waals surface area contributed by atoms with Crippen molar-refractivity contribution in [2.45, 2.75) is 33.6 Å². The lowest BCUT2D eigenvalue weighted by Gasteiger charge is -2.22. The fourth-order valence-electron chi connectivity index (χ4n) is 1.85. The van der Waals surface area contributed by atoms with E-state index in [1.165, 1.54) is 5.56 Å². The van der Waals surface area contributed by atoms with Crippen molar-refractivity contribution in [2.75, 3.05) is 25.6 Å². The summed E-state index contributed by atoms with van der Waals surface area (Å²) in [6.07, 6.45) is 1.67. The van der Waals surface area contributed by atoms with Crippen LogP contribution in [0.4, 0.5) is 5.69 Å². The van der Waals surface area contributed by atoms with Gasteiger partial charge in [-0.15, -0.1) is 0 Å². The van der Waals surface area contributed by atoms with Crippen molar-refractivity contribution in [1.29, 1.82) is 0 Å². The zero-order valence-electron chi connectivity index (χ0n) is 13.9. The molecule has 0 aliphatic heterocycles. The molecule has 0 aliphatic rings. The summed E-state index contributed by atoms with van der Waals surface area (Å²) in [7, 11) is 1.61. The number of amides is 2. The van der Waals surface area contributed by atoms with Gasteiger partial charge in [0.05, 0.1) is 0 Å². The molecule has 0 saturated heterocycles. The predicted octanol–water partition coefficient (Wildman–Crippen LogP) is 2.37. The Morgan fingerprint density at radius 3 is 2.32 bits per heavy atom. The van der Waals surface area contributed by atoms with Crippen LogP contribution in [-0.2, 0) is 20.7 Å². The van der Waals surface area contributed by atoms with Gasteiger partial charge in [-0.25, -0.2) is 0 Å². The molecule has 0 spiro atoms.